The van der Waals surface area contributed by atoms with Gasteiger partial charge in [0.1, 0.15) is 0 Å². The normalized spacial score (nSPS) is 19.3. The summed E-state index contributed by atoms with van der Waals surface area (Å²) in [5.74, 6) is 0.904. The van der Waals surface area contributed by atoms with Gasteiger partial charge in [-0.2, -0.15) is 0 Å². The summed E-state index contributed by atoms with van der Waals surface area (Å²) in [4.78, 5) is 13.3. The Kier molecular flexibility index (Phi) is 2.90. The Morgan fingerprint density at radius 1 is 1.42 bits per heavy atom. The van der Waals surface area contributed by atoms with Crippen molar-refractivity contribution in [2.45, 2.75) is 26.7 Å². The predicted octanol–water partition coefficient (Wildman–Crippen LogP) is 1.82. The molecule has 0 aromatic rings. The summed E-state index contributed by atoms with van der Waals surface area (Å²) < 4.78 is 0. The average Bonchev–Trinajstić information content (AvgIpc) is 2.04. The molecule has 0 atom stereocenters. The van der Waals surface area contributed by atoms with E-state index >= 15 is 0 Å². The van der Waals surface area contributed by atoms with Crippen molar-refractivity contribution in [3.63, 3.8) is 0 Å². The molecular weight excluding hydrogens is 150 g/mol. The predicted molar refractivity (Wildman–Crippen MR) is 49.8 cm³/mol. The number of amides is 1. The molecule has 0 spiro atoms. The SMILES string of the molecule is C=C(C)C(=O)N1CCC(C)CC1. The zero-order chi connectivity index (χ0) is 9.14. The Hall–Kier alpha value is -0.790. The maximum absolute atomic E-state index is 11.4. The molecule has 1 aliphatic heterocycles. The lowest BCUT2D eigenvalue weighted by molar-refractivity contribution is -0.128. The van der Waals surface area contributed by atoms with Crippen LogP contribution in [0.1, 0.15) is 26.7 Å². The summed E-state index contributed by atoms with van der Waals surface area (Å²) in [6.07, 6.45) is 2.28. The highest BCUT2D eigenvalue weighted by molar-refractivity contribution is 5.92. The van der Waals surface area contributed by atoms with Gasteiger partial charge in [-0.15, -0.1) is 0 Å². The van der Waals surface area contributed by atoms with Crippen molar-refractivity contribution >= 4 is 5.91 Å². The first kappa shape index (κ1) is 9.30. The first-order valence-corrected chi connectivity index (χ1v) is 4.56. The minimum absolute atomic E-state index is 0.127. The monoisotopic (exact) mass is 167 g/mol. The largest absolute Gasteiger partial charge is 0.339 e. The van der Waals surface area contributed by atoms with Gasteiger partial charge in [0, 0.05) is 18.7 Å². The van der Waals surface area contributed by atoms with Crippen molar-refractivity contribution in [3.05, 3.63) is 12.2 Å². The molecule has 2 nitrogen and oxygen atoms in total. The van der Waals surface area contributed by atoms with Gasteiger partial charge in [0.05, 0.1) is 0 Å². The molecule has 12 heavy (non-hydrogen) atoms. The number of likely N-dealkylation sites (tertiary alicyclic amines) is 1. The third-order valence-electron chi connectivity index (χ3n) is 2.44. The zero-order valence-electron chi connectivity index (χ0n) is 7.97. The lowest BCUT2D eigenvalue weighted by atomic mass is 9.99. The Labute approximate surface area is 74.2 Å². The van der Waals surface area contributed by atoms with Crippen LogP contribution in [-0.2, 0) is 4.79 Å². The number of hydrogen-bond acceptors (Lipinski definition) is 1. The molecule has 1 amide bonds. The Morgan fingerprint density at radius 2 is 1.92 bits per heavy atom. The van der Waals surface area contributed by atoms with Crippen molar-refractivity contribution in [1.82, 2.24) is 4.90 Å². The summed E-state index contributed by atoms with van der Waals surface area (Å²) in [7, 11) is 0. The molecule has 0 N–H and O–H groups in total. The van der Waals surface area contributed by atoms with E-state index in [9.17, 15) is 4.79 Å². The van der Waals surface area contributed by atoms with Crippen molar-refractivity contribution in [2.24, 2.45) is 5.92 Å². The van der Waals surface area contributed by atoms with Gasteiger partial charge in [-0.3, -0.25) is 4.79 Å². The van der Waals surface area contributed by atoms with E-state index in [1.807, 2.05) is 4.90 Å². The molecule has 0 radical (unpaired) electrons. The number of piperidine rings is 1. The highest BCUT2D eigenvalue weighted by Gasteiger charge is 2.19. The minimum Gasteiger partial charge on any atom is -0.339 e. The first-order valence-electron chi connectivity index (χ1n) is 4.56. The van der Waals surface area contributed by atoms with Crippen molar-refractivity contribution < 1.29 is 4.79 Å². The van der Waals surface area contributed by atoms with E-state index in [1.54, 1.807) is 6.92 Å². The van der Waals surface area contributed by atoms with E-state index in [2.05, 4.69) is 13.5 Å². The van der Waals surface area contributed by atoms with E-state index in [0.29, 0.717) is 5.57 Å². The maximum atomic E-state index is 11.4. The van der Waals surface area contributed by atoms with Crippen molar-refractivity contribution in [1.29, 1.82) is 0 Å². The molecule has 0 bridgehead atoms. The summed E-state index contributed by atoms with van der Waals surface area (Å²) in [5.41, 5.74) is 0.657. The van der Waals surface area contributed by atoms with Gasteiger partial charge < -0.3 is 4.90 Å². The molecule has 0 aromatic heterocycles. The molecule has 1 saturated heterocycles. The fourth-order valence-corrected chi connectivity index (χ4v) is 1.48. The lowest BCUT2D eigenvalue weighted by Gasteiger charge is -2.30. The smallest absolute Gasteiger partial charge is 0.248 e. The van der Waals surface area contributed by atoms with Crippen molar-refractivity contribution in [3.8, 4) is 0 Å². The van der Waals surface area contributed by atoms with Gasteiger partial charge in [0.2, 0.25) is 5.91 Å². The number of carbonyl (C=O) groups is 1. The minimum atomic E-state index is 0.127. The second-order valence-corrected chi connectivity index (χ2v) is 3.76. The molecule has 68 valence electrons. The molecule has 0 saturated carbocycles. The van der Waals surface area contributed by atoms with Gasteiger partial charge in [0.15, 0.2) is 0 Å². The summed E-state index contributed by atoms with van der Waals surface area (Å²) in [5, 5.41) is 0. The van der Waals surface area contributed by atoms with E-state index in [0.717, 1.165) is 31.8 Å². The van der Waals surface area contributed by atoms with Gasteiger partial charge >= 0.3 is 0 Å². The summed E-state index contributed by atoms with van der Waals surface area (Å²) >= 11 is 0. The fourth-order valence-electron chi connectivity index (χ4n) is 1.48. The molecular formula is C10H17NO. The highest BCUT2D eigenvalue weighted by atomic mass is 16.2. The van der Waals surface area contributed by atoms with E-state index < -0.39 is 0 Å². The summed E-state index contributed by atoms with van der Waals surface area (Å²) in [6.45, 7) is 9.49. The van der Waals surface area contributed by atoms with Crippen LogP contribution in [0.15, 0.2) is 12.2 Å². The topological polar surface area (TPSA) is 20.3 Å². The van der Waals surface area contributed by atoms with E-state index in [-0.39, 0.29) is 5.91 Å². The van der Waals surface area contributed by atoms with Crippen LogP contribution in [-0.4, -0.2) is 23.9 Å². The van der Waals surface area contributed by atoms with Crippen LogP contribution in [0.4, 0.5) is 0 Å². The molecule has 1 heterocycles. The van der Waals surface area contributed by atoms with Crippen molar-refractivity contribution in [2.75, 3.05) is 13.1 Å². The van der Waals surface area contributed by atoms with Crippen LogP contribution < -0.4 is 0 Å². The second-order valence-electron chi connectivity index (χ2n) is 3.76. The Bertz CT molecular complexity index is 190. The number of hydrogen-bond donors (Lipinski definition) is 0. The molecule has 1 aliphatic rings. The molecule has 1 rings (SSSR count). The van der Waals surface area contributed by atoms with E-state index in [1.165, 1.54) is 0 Å². The van der Waals surface area contributed by atoms with Gasteiger partial charge in [-0.05, 0) is 25.7 Å². The fraction of sp³-hybridized carbons (Fsp3) is 0.700. The van der Waals surface area contributed by atoms with Gasteiger partial charge in [-0.25, -0.2) is 0 Å². The van der Waals surface area contributed by atoms with Crippen LogP contribution in [0.5, 0.6) is 0 Å². The Morgan fingerprint density at radius 3 is 2.33 bits per heavy atom. The lowest BCUT2D eigenvalue weighted by Crippen LogP contribution is -2.38. The van der Waals surface area contributed by atoms with Crippen LogP contribution >= 0.6 is 0 Å². The van der Waals surface area contributed by atoms with E-state index in [4.69, 9.17) is 0 Å². The third kappa shape index (κ3) is 2.10. The molecule has 1 fully saturated rings. The first-order chi connectivity index (χ1) is 5.61. The molecule has 0 aliphatic carbocycles. The molecule has 0 aromatic carbocycles. The average molecular weight is 167 g/mol. The van der Waals surface area contributed by atoms with Crippen LogP contribution in [0.25, 0.3) is 0 Å². The second kappa shape index (κ2) is 3.74. The number of nitrogens with zero attached hydrogens (tertiary/aromatic N) is 1. The van der Waals surface area contributed by atoms with Gasteiger partial charge in [0.25, 0.3) is 0 Å². The van der Waals surface area contributed by atoms with Crippen LogP contribution in [0.3, 0.4) is 0 Å². The van der Waals surface area contributed by atoms with Crippen LogP contribution in [0, 0.1) is 5.92 Å². The maximum Gasteiger partial charge on any atom is 0.248 e. The zero-order valence-corrected chi connectivity index (χ0v) is 7.97. The Balaban J connectivity index is 2.44. The number of carbonyl (C=O) groups excluding carboxylic acids is 1. The molecule has 0 unspecified atom stereocenters. The standard InChI is InChI=1S/C10H17NO/c1-8(2)10(12)11-6-4-9(3)5-7-11/h9H,1,4-7H2,2-3H3. The highest BCUT2D eigenvalue weighted by Crippen LogP contribution is 2.16. The molecule has 2 heteroatoms. The number of rotatable bonds is 1. The van der Waals surface area contributed by atoms with Crippen LogP contribution in [0.2, 0.25) is 0 Å². The third-order valence-corrected chi connectivity index (χ3v) is 2.44. The summed E-state index contributed by atoms with van der Waals surface area (Å²) in [6, 6.07) is 0. The van der Waals surface area contributed by atoms with Gasteiger partial charge in [-0.1, -0.05) is 13.5 Å². The quantitative estimate of drug-likeness (QED) is 0.545.